The fourth-order valence-corrected chi connectivity index (χ4v) is 1.51. The summed E-state index contributed by atoms with van der Waals surface area (Å²) >= 11 is 0. The van der Waals surface area contributed by atoms with E-state index in [0.717, 1.165) is 13.0 Å². The normalized spacial score (nSPS) is 12.3. The van der Waals surface area contributed by atoms with E-state index in [0.29, 0.717) is 11.8 Å². The predicted molar refractivity (Wildman–Crippen MR) is 68.9 cm³/mol. The summed E-state index contributed by atoms with van der Waals surface area (Å²) in [6, 6.07) is 0. The van der Waals surface area contributed by atoms with Crippen LogP contribution in [0.4, 0.5) is 0 Å². The van der Waals surface area contributed by atoms with Crippen LogP contribution in [0.3, 0.4) is 0 Å². The third-order valence-electron chi connectivity index (χ3n) is 2.33. The van der Waals surface area contributed by atoms with Crippen molar-refractivity contribution in [2.24, 2.45) is 16.9 Å². The number of allylic oxidation sites excluding steroid dienone is 1. The molecule has 0 aromatic carbocycles. The Kier molecular flexibility index (Phi) is 7.10. The zero-order valence-electron chi connectivity index (χ0n) is 11.0. The van der Waals surface area contributed by atoms with Crippen molar-refractivity contribution in [1.29, 1.82) is 0 Å². The van der Waals surface area contributed by atoms with Crippen LogP contribution in [0.5, 0.6) is 0 Å². The molecule has 0 spiro atoms. The highest BCUT2D eigenvalue weighted by molar-refractivity contribution is 5.23. The van der Waals surface area contributed by atoms with Gasteiger partial charge >= 0.3 is 0 Å². The lowest BCUT2D eigenvalue weighted by Crippen LogP contribution is -2.17. The lowest BCUT2D eigenvalue weighted by molar-refractivity contribution is 0.343. The van der Waals surface area contributed by atoms with E-state index in [4.69, 9.17) is 0 Å². The molecule has 2 heteroatoms. The molecule has 2 nitrogen and oxygen atoms in total. The van der Waals surface area contributed by atoms with Crippen LogP contribution in [0.25, 0.3) is 0 Å². The summed E-state index contributed by atoms with van der Waals surface area (Å²) in [5, 5.41) is 6.01. The van der Waals surface area contributed by atoms with Crippen molar-refractivity contribution >= 4 is 6.72 Å². The highest BCUT2D eigenvalue weighted by atomic mass is 15.4. The van der Waals surface area contributed by atoms with Crippen molar-refractivity contribution in [2.45, 2.75) is 47.5 Å². The Bertz CT molecular complexity index is 205. The standard InChI is InChI=1S/C13H26N2/c1-7-8-13(12(4)5)10-15(14-6)9-11(2)3/h10-12H,6-9H2,1-5H3/b13-10+. The summed E-state index contributed by atoms with van der Waals surface area (Å²) in [7, 11) is 0. The molecule has 0 aliphatic carbocycles. The van der Waals surface area contributed by atoms with Crippen LogP contribution in [-0.4, -0.2) is 18.3 Å². The van der Waals surface area contributed by atoms with Gasteiger partial charge in [-0.25, -0.2) is 0 Å². The van der Waals surface area contributed by atoms with Gasteiger partial charge in [0.05, 0.1) is 0 Å². The molecule has 0 unspecified atom stereocenters. The van der Waals surface area contributed by atoms with Crippen LogP contribution in [0.2, 0.25) is 0 Å². The molecule has 0 aromatic heterocycles. The Hall–Kier alpha value is -0.790. The van der Waals surface area contributed by atoms with E-state index in [1.165, 1.54) is 12.0 Å². The van der Waals surface area contributed by atoms with Crippen molar-refractivity contribution in [3.63, 3.8) is 0 Å². The van der Waals surface area contributed by atoms with E-state index >= 15 is 0 Å². The van der Waals surface area contributed by atoms with Crippen molar-refractivity contribution < 1.29 is 0 Å². The van der Waals surface area contributed by atoms with E-state index in [9.17, 15) is 0 Å². The SMILES string of the molecule is C=NN(/C=C(\CCC)C(C)C)CC(C)C. The molecule has 0 amide bonds. The minimum Gasteiger partial charge on any atom is -0.273 e. The fraction of sp³-hybridized carbons (Fsp3) is 0.769. The Labute approximate surface area is 95.1 Å². The van der Waals surface area contributed by atoms with Crippen molar-refractivity contribution in [2.75, 3.05) is 6.54 Å². The molecule has 0 N–H and O–H groups in total. The van der Waals surface area contributed by atoms with E-state index in [-0.39, 0.29) is 0 Å². The van der Waals surface area contributed by atoms with E-state index in [1.54, 1.807) is 0 Å². The monoisotopic (exact) mass is 210 g/mol. The Morgan fingerprint density at radius 2 is 1.93 bits per heavy atom. The van der Waals surface area contributed by atoms with Crippen LogP contribution in [0.1, 0.15) is 47.5 Å². The summed E-state index contributed by atoms with van der Waals surface area (Å²) in [5.74, 6) is 1.21. The van der Waals surface area contributed by atoms with Gasteiger partial charge in [0, 0.05) is 19.5 Å². The lowest BCUT2D eigenvalue weighted by atomic mass is 10.00. The molecular weight excluding hydrogens is 184 g/mol. The summed E-state index contributed by atoms with van der Waals surface area (Å²) in [6.45, 7) is 15.6. The first-order chi connectivity index (χ1) is 7.01. The van der Waals surface area contributed by atoms with Crippen LogP contribution < -0.4 is 0 Å². The summed E-state index contributed by atoms with van der Waals surface area (Å²) < 4.78 is 0. The number of rotatable bonds is 7. The zero-order valence-corrected chi connectivity index (χ0v) is 11.0. The first-order valence-electron chi connectivity index (χ1n) is 5.95. The average molecular weight is 210 g/mol. The van der Waals surface area contributed by atoms with Crippen LogP contribution in [-0.2, 0) is 0 Å². The van der Waals surface area contributed by atoms with Gasteiger partial charge in [-0.2, -0.15) is 5.10 Å². The molecule has 15 heavy (non-hydrogen) atoms. The van der Waals surface area contributed by atoms with Crippen molar-refractivity contribution in [3.05, 3.63) is 11.8 Å². The van der Waals surface area contributed by atoms with Crippen molar-refractivity contribution in [1.82, 2.24) is 5.01 Å². The Morgan fingerprint density at radius 1 is 1.33 bits per heavy atom. The summed E-state index contributed by atoms with van der Waals surface area (Å²) in [6.07, 6.45) is 4.51. The first-order valence-corrected chi connectivity index (χ1v) is 5.95. The highest BCUT2D eigenvalue weighted by Gasteiger charge is 2.06. The fourth-order valence-electron chi connectivity index (χ4n) is 1.51. The van der Waals surface area contributed by atoms with Gasteiger partial charge in [0.1, 0.15) is 0 Å². The van der Waals surface area contributed by atoms with E-state index in [1.807, 2.05) is 5.01 Å². The van der Waals surface area contributed by atoms with E-state index in [2.05, 4.69) is 52.6 Å². The molecule has 0 radical (unpaired) electrons. The van der Waals surface area contributed by atoms with Gasteiger partial charge in [0.15, 0.2) is 0 Å². The van der Waals surface area contributed by atoms with Gasteiger partial charge in [0.25, 0.3) is 0 Å². The highest BCUT2D eigenvalue weighted by Crippen LogP contribution is 2.17. The zero-order chi connectivity index (χ0) is 11.8. The van der Waals surface area contributed by atoms with Gasteiger partial charge in [0.2, 0.25) is 0 Å². The molecule has 0 saturated heterocycles. The second-order valence-corrected chi connectivity index (χ2v) is 4.77. The van der Waals surface area contributed by atoms with Gasteiger partial charge in [-0.1, -0.05) is 41.0 Å². The lowest BCUT2D eigenvalue weighted by Gasteiger charge is -2.20. The topological polar surface area (TPSA) is 15.6 Å². The molecule has 0 atom stereocenters. The predicted octanol–water partition coefficient (Wildman–Crippen LogP) is 3.90. The molecular formula is C13H26N2. The Balaban J connectivity index is 4.52. The van der Waals surface area contributed by atoms with Crippen LogP contribution in [0, 0.1) is 11.8 Å². The van der Waals surface area contributed by atoms with Gasteiger partial charge < -0.3 is 0 Å². The molecule has 88 valence electrons. The number of hydrogen-bond donors (Lipinski definition) is 0. The molecule has 0 aromatic rings. The van der Waals surface area contributed by atoms with Crippen LogP contribution >= 0.6 is 0 Å². The largest absolute Gasteiger partial charge is 0.273 e. The van der Waals surface area contributed by atoms with Crippen molar-refractivity contribution in [3.8, 4) is 0 Å². The summed E-state index contributed by atoms with van der Waals surface area (Å²) in [4.78, 5) is 0. The minimum absolute atomic E-state index is 0.598. The second kappa shape index (κ2) is 7.49. The maximum absolute atomic E-state index is 4.04. The number of hydrazone groups is 1. The average Bonchev–Trinajstić information content (AvgIpc) is 2.14. The maximum atomic E-state index is 4.04. The first kappa shape index (κ1) is 14.2. The van der Waals surface area contributed by atoms with E-state index < -0.39 is 0 Å². The van der Waals surface area contributed by atoms with Gasteiger partial charge in [-0.3, -0.25) is 5.01 Å². The van der Waals surface area contributed by atoms with Gasteiger partial charge in [-0.15, -0.1) is 0 Å². The van der Waals surface area contributed by atoms with Crippen LogP contribution in [0.15, 0.2) is 16.9 Å². The summed E-state index contributed by atoms with van der Waals surface area (Å²) in [5.41, 5.74) is 1.46. The smallest absolute Gasteiger partial charge is 0.0431 e. The molecule has 0 heterocycles. The molecule has 0 rings (SSSR count). The number of hydrogen-bond acceptors (Lipinski definition) is 2. The van der Waals surface area contributed by atoms with Gasteiger partial charge in [-0.05, 0) is 23.8 Å². The molecule has 0 bridgehead atoms. The third-order valence-corrected chi connectivity index (χ3v) is 2.33. The molecule has 0 aliphatic heterocycles. The molecule has 0 saturated carbocycles. The molecule has 0 aliphatic rings. The maximum Gasteiger partial charge on any atom is 0.0431 e. The number of nitrogens with zero attached hydrogens (tertiary/aromatic N) is 2. The quantitative estimate of drug-likeness (QED) is 0.459. The minimum atomic E-state index is 0.598. The second-order valence-electron chi connectivity index (χ2n) is 4.77. The Morgan fingerprint density at radius 3 is 2.27 bits per heavy atom. The third kappa shape index (κ3) is 6.32. The molecule has 0 fully saturated rings.